The fourth-order valence-corrected chi connectivity index (χ4v) is 3.67. The van der Waals surface area contributed by atoms with Crippen LogP contribution in [0, 0.1) is 12.7 Å². The van der Waals surface area contributed by atoms with Gasteiger partial charge in [-0.1, -0.05) is 6.07 Å². The lowest BCUT2D eigenvalue weighted by Gasteiger charge is -2.09. The number of nitrogens with two attached hydrogens (primary N) is 1. The lowest BCUT2D eigenvalue weighted by atomic mass is 10.2. The molecule has 0 aliphatic carbocycles. The van der Waals surface area contributed by atoms with Crippen LogP contribution in [0.2, 0.25) is 0 Å². The molecule has 4 nitrogen and oxygen atoms in total. The van der Waals surface area contributed by atoms with Crippen molar-refractivity contribution >= 4 is 27.0 Å². The molecule has 0 saturated carbocycles. The summed E-state index contributed by atoms with van der Waals surface area (Å²) in [6.45, 7) is 2.00. The topological polar surface area (TPSA) is 72.2 Å². The predicted molar refractivity (Wildman–Crippen MR) is 73.9 cm³/mol. The van der Waals surface area contributed by atoms with Gasteiger partial charge in [0.1, 0.15) is 10.7 Å². The van der Waals surface area contributed by atoms with Crippen molar-refractivity contribution in [3.8, 4) is 0 Å². The molecule has 19 heavy (non-hydrogen) atoms. The average Bonchev–Trinajstić information content (AvgIpc) is 2.72. The lowest BCUT2D eigenvalue weighted by Crippen LogP contribution is -2.25. The van der Waals surface area contributed by atoms with Crippen LogP contribution in [0.25, 0.3) is 0 Å². The summed E-state index contributed by atoms with van der Waals surface area (Å²) in [5.74, 6) is -0.852. The monoisotopic (exact) mass is 300 g/mol. The van der Waals surface area contributed by atoms with Gasteiger partial charge >= 0.3 is 0 Å². The summed E-state index contributed by atoms with van der Waals surface area (Å²) in [6.07, 6.45) is 0. The van der Waals surface area contributed by atoms with Crippen LogP contribution in [-0.2, 0) is 16.6 Å². The Hall–Kier alpha value is -1.44. The van der Waals surface area contributed by atoms with Crippen LogP contribution in [0.5, 0.6) is 0 Å². The van der Waals surface area contributed by atoms with Crippen molar-refractivity contribution in [1.82, 2.24) is 4.72 Å². The highest BCUT2D eigenvalue weighted by Crippen LogP contribution is 2.22. The second-order valence-corrected chi connectivity index (χ2v) is 6.51. The molecule has 2 aromatic rings. The first kappa shape index (κ1) is 14.0. The largest absolute Gasteiger partial charge is 0.398 e. The molecule has 2 rings (SSSR count). The zero-order chi connectivity index (χ0) is 14.0. The lowest BCUT2D eigenvalue weighted by molar-refractivity contribution is 0.558. The number of thiophene rings is 1. The quantitative estimate of drug-likeness (QED) is 0.851. The molecule has 1 heterocycles. The van der Waals surface area contributed by atoms with E-state index in [2.05, 4.69) is 4.72 Å². The molecular weight excluding hydrogens is 287 g/mol. The summed E-state index contributed by atoms with van der Waals surface area (Å²) in [5.41, 5.74) is 7.29. The predicted octanol–water partition coefficient (Wildman–Crippen LogP) is 2.26. The molecule has 102 valence electrons. The molecule has 1 aromatic heterocycles. The van der Waals surface area contributed by atoms with Gasteiger partial charge in [0.15, 0.2) is 0 Å². The molecule has 0 atom stereocenters. The summed E-state index contributed by atoms with van der Waals surface area (Å²) >= 11 is 1.49. The first-order valence-electron chi connectivity index (χ1n) is 5.47. The number of rotatable bonds is 4. The Morgan fingerprint density at radius 1 is 1.37 bits per heavy atom. The van der Waals surface area contributed by atoms with Crippen molar-refractivity contribution in [2.75, 3.05) is 5.73 Å². The summed E-state index contributed by atoms with van der Waals surface area (Å²) in [7, 11) is -3.96. The van der Waals surface area contributed by atoms with E-state index in [4.69, 9.17) is 5.73 Å². The zero-order valence-electron chi connectivity index (χ0n) is 10.2. The molecule has 7 heteroatoms. The fourth-order valence-electron chi connectivity index (χ4n) is 1.62. The molecule has 3 N–H and O–H groups in total. The van der Waals surface area contributed by atoms with Crippen molar-refractivity contribution in [3.63, 3.8) is 0 Å². The van der Waals surface area contributed by atoms with E-state index in [-0.39, 0.29) is 12.2 Å². The van der Waals surface area contributed by atoms with Crippen molar-refractivity contribution < 1.29 is 12.8 Å². The minimum absolute atomic E-state index is 0.102. The zero-order valence-corrected chi connectivity index (χ0v) is 11.8. The molecule has 0 aliphatic heterocycles. The van der Waals surface area contributed by atoms with Crippen LogP contribution < -0.4 is 10.5 Å². The van der Waals surface area contributed by atoms with Crippen LogP contribution in [0.3, 0.4) is 0 Å². The maximum Gasteiger partial charge on any atom is 0.245 e. The number of nitrogen functional groups attached to an aromatic ring is 1. The average molecular weight is 300 g/mol. The van der Waals surface area contributed by atoms with E-state index in [9.17, 15) is 12.8 Å². The van der Waals surface area contributed by atoms with Crippen LogP contribution in [0.4, 0.5) is 10.1 Å². The standard InChI is InChI=1S/C12H13FN2O2S2/c1-8-6-18-7-9(8)5-15-19(16,17)12-10(13)3-2-4-11(12)14/h2-4,6-7,15H,5,14H2,1H3. The summed E-state index contributed by atoms with van der Waals surface area (Å²) in [5, 5.41) is 3.77. The van der Waals surface area contributed by atoms with E-state index in [0.717, 1.165) is 17.2 Å². The molecule has 0 radical (unpaired) electrons. The van der Waals surface area contributed by atoms with E-state index >= 15 is 0 Å². The smallest absolute Gasteiger partial charge is 0.245 e. The number of sulfonamides is 1. The fraction of sp³-hybridized carbons (Fsp3) is 0.167. The molecule has 0 aliphatic rings. The molecule has 0 fully saturated rings. The number of hydrogen-bond donors (Lipinski definition) is 2. The van der Waals surface area contributed by atoms with E-state index in [1.807, 2.05) is 17.7 Å². The Bertz CT molecular complexity index is 675. The third kappa shape index (κ3) is 2.94. The van der Waals surface area contributed by atoms with Crippen LogP contribution >= 0.6 is 11.3 Å². The maximum absolute atomic E-state index is 13.6. The summed E-state index contributed by atoms with van der Waals surface area (Å²) in [6, 6.07) is 3.79. The molecule has 1 aromatic carbocycles. The van der Waals surface area contributed by atoms with Crippen molar-refractivity contribution in [2.24, 2.45) is 0 Å². The highest BCUT2D eigenvalue weighted by Gasteiger charge is 2.22. The van der Waals surface area contributed by atoms with Gasteiger partial charge in [-0.3, -0.25) is 0 Å². The van der Waals surface area contributed by atoms with Gasteiger partial charge in [0.05, 0.1) is 5.69 Å². The van der Waals surface area contributed by atoms with Crippen molar-refractivity contribution in [2.45, 2.75) is 18.4 Å². The second-order valence-electron chi connectivity index (χ2n) is 4.06. The highest BCUT2D eigenvalue weighted by atomic mass is 32.2. The van der Waals surface area contributed by atoms with Gasteiger partial charge in [-0.05, 0) is 40.9 Å². The van der Waals surface area contributed by atoms with Gasteiger partial charge < -0.3 is 5.73 Å². The number of halogens is 1. The van der Waals surface area contributed by atoms with Gasteiger partial charge in [0.25, 0.3) is 0 Å². The SMILES string of the molecule is Cc1cscc1CNS(=O)(=O)c1c(N)cccc1F. The van der Waals surface area contributed by atoms with Gasteiger partial charge in [-0.25, -0.2) is 17.5 Å². The van der Waals surface area contributed by atoms with Crippen LogP contribution in [-0.4, -0.2) is 8.42 Å². The van der Waals surface area contributed by atoms with E-state index < -0.39 is 20.7 Å². The first-order chi connectivity index (χ1) is 8.92. The number of hydrogen-bond acceptors (Lipinski definition) is 4. The Labute approximate surface area is 115 Å². The Kier molecular flexibility index (Phi) is 3.88. The van der Waals surface area contributed by atoms with Crippen molar-refractivity contribution in [1.29, 1.82) is 0 Å². The highest BCUT2D eigenvalue weighted by molar-refractivity contribution is 7.89. The van der Waals surface area contributed by atoms with Gasteiger partial charge in [0.2, 0.25) is 10.0 Å². The molecule has 0 amide bonds. The van der Waals surface area contributed by atoms with Gasteiger partial charge in [-0.15, -0.1) is 0 Å². The molecular formula is C12H13FN2O2S2. The maximum atomic E-state index is 13.6. The Balaban J connectivity index is 2.26. The van der Waals surface area contributed by atoms with E-state index in [1.165, 1.54) is 23.5 Å². The number of aryl methyl sites for hydroxylation is 1. The molecule has 0 bridgehead atoms. The number of nitrogens with one attached hydrogen (secondary N) is 1. The third-order valence-corrected chi connectivity index (χ3v) is 5.08. The molecule has 0 spiro atoms. The normalized spacial score (nSPS) is 11.7. The Morgan fingerprint density at radius 2 is 2.11 bits per heavy atom. The van der Waals surface area contributed by atoms with Gasteiger partial charge in [-0.2, -0.15) is 11.3 Å². The minimum Gasteiger partial charge on any atom is -0.398 e. The third-order valence-electron chi connectivity index (χ3n) is 2.68. The van der Waals surface area contributed by atoms with Gasteiger partial charge in [0, 0.05) is 6.54 Å². The summed E-state index contributed by atoms with van der Waals surface area (Å²) in [4.78, 5) is -0.497. The number of benzene rings is 1. The van der Waals surface area contributed by atoms with Crippen LogP contribution in [0.15, 0.2) is 33.9 Å². The van der Waals surface area contributed by atoms with E-state index in [1.54, 1.807) is 0 Å². The Morgan fingerprint density at radius 3 is 2.68 bits per heavy atom. The minimum atomic E-state index is -3.96. The molecule has 0 saturated heterocycles. The van der Waals surface area contributed by atoms with E-state index in [0.29, 0.717) is 0 Å². The van der Waals surface area contributed by atoms with Crippen LogP contribution in [0.1, 0.15) is 11.1 Å². The summed E-state index contributed by atoms with van der Waals surface area (Å²) < 4.78 is 40.1. The molecule has 0 unspecified atom stereocenters. The second kappa shape index (κ2) is 5.28. The first-order valence-corrected chi connectivity index (χ1v) is 7.90. The van der Waals surface area contributed by atoms with Crippen molar-refractivity contribution in [3.05, 3.63) is 45.9 Å². The number of anilines is 1.